The first kappa shape index (κ1) is 19.9. The Morgan fingerprint density at radius 3 is 2.57 bits per heavy atom. The summed E-state index contributed by atoms with van der Waals surface area (Å²) in [5.41, 5.74) is 1.58. The first-order valence-electron chi connectivity index (χ1n) is 8.25. The fourth-order valence-corrected chi connectivity index (χ4v) is 3.32. The van der Waals surface area contributed by atoms with Crippen molar-refractivity contribution in [2.45, 2.75) is 5.16 Å². The summed E-state index contributed by atoms with van der Waals surface area (Å²) in [6, 6.07) is 14.0. The maximum absolute atomic E-state index is 12.3. The summed E-state index contributed by atoms with van der Waals surface area (Å²) >= 11 is 7.16. The number of nitrogens with one attached hydrogen (secondary N) is 1. The molecule has 1 aromatic heterocycles. The number of amides is 1. The second-order valence-corrected chi connectivity index (χ2v) is 7.13. The summed E-state index contributed by atoms with van der Waals surface area (Å²) in [5, 5.41) is 12.3. The molecule has 28 heavy (non-hydrogen) atoms. The lowest BCUT2D eigenvalue weighted by Gasteiger charge is -2.09. The van der Waals surface area contributed by atoms with Gasteiger partial charge in [0, 0.05) is 17.6 Å². The quantitative estimate of drug-likeness (QED) is 0.487. The van der Waals surface area contributed by atoms with E-state index in [1.165, 1.54) is 18.9 Å². The molecule has 0 saturated carbocycles. The summed E-state index contributed by atoms with van der Waals surface area (Å²) in [5.74, 6) is 0.0136. The number of carbonyl (C=O) groups is 2. The van der Waals surface area contributed by atoms with Crippen LogP contribution in [-0.4, -0.2) is 39.5 Å². The van der Waals surface area contributed by atoms with E-state index in [0.29, 0.717) is 27.3 Å². The molecule has 1 amide bonds. The fraction of sp³-hybridized carbons (Fsp3) is 0.158. The summed E-state index contributed by atoms with van der Waals surface area (Å²) in [7, 11) is 3.12. The van der Waals surface area contributed by atoms with Gasteiger partial charge in [-0.1, -0.05) is 35.5 Å². The van der Waals surface area contributed by atoms with Crippen molar-refractivity contribution in [3.63, 3.8) is 0 Å². The summed E-state index contributed by atoms with van der Waals surface area (Å²) in [6.45, 7) is 0. The molecule has 0 aliphatic rings. The van der Waals surface area contributed by atoms with Crippen molar-refractivity contribution < 1.29 is 14.3 Å². The highest BCUT2D eigenvalue weighted by Gasteiger charge is 2.16. The maximum atomic E-state index is 12.3. The van der Waals surface area contributed by atoms with E-state index >= 15 is 0 Å². The van der Waals surface area contributed by atoms with E-state index in [4.69, 9.17) is 16.3 Å². The van der Waals surface area contributed by atoms with Crippen LogP contribution in [0, 0.1) is 0 Å². The SMILES string of the molecule is COC(=O)c1ccccc1NC(=O)CSc1nnc(-c2ccc(Cl)cc2)n1C. The van der Waals surface area contributed by atoms with Gasteiger partial charge in [0.15, 0.2) is 11.0 Å². The topological polar surface area (TPSA) is 86.1 Å². The van der Waals surface area contributed by atoms with Crippen LogP contribution in [0.1, 0.15) is 10.4 Å². The van der Waals surface area contributed by atoms with E-state index < -0.39 is 5.97 Å². The van der Waals surface area contributed by atoms with Gasteiger partial charge in [0.2, 0.25) is 5.91 Å². The number of nitrogens with zero attached hydrogens (tertiary/aromatic N) is 3. The molecule has 0 atom stereocenters. The number of methoxy groups -OCH3 is 1. The van der Waals surface area contributed by atoms with Gasteiger partial charge in [-0.3, -0.25) is 4.79 Å². The number of thioether (sulfide) groups is 1. The highest BCUT2D eigenvalue weighted by Crippen LogP contribution is 2.24. The minimum atomic E-state index is -0.510. The van der Waals surface area contributed by atoms with Crippen LogP contribution in [0.25, 0.3) is 11.4 Å². The van der Waals surface area contributed by atoms with Crippen LogP contribution in [0.5, 0.6) is 0 Å². The van der Waals surface area contributed by atoms with Crippen LogP contribution in [0.4, 0.5) is 5.69 Å². The molecule has 0 bridgehead atoms. The van der Waals surface area contributed by atoms with Crippen LogP contribution >= 0.6 is 23.4 Å². The minimum absolute atomic E-state index is 0.113. The van der Waals surface area contributed by atoms with E-state index in [9.17, 15) is 9.59 Å². The number of aromatic nitrogens is 3. The lowest BCUT2D eigenvalue weighted by molar-refractivity contribution is -0.113. The summed E-state index contributed by atoms with van der Waals surface area (Å²) in [4.78, 5) is 24.1. The van der Waals surface area contributed by atoms with E-state index in [-0.39, 0.29) is 11.7 Å². The molecular weight excluding hydrogens is 400 g/mol. The molecule has 9 heteroatoms. The molecule has 0 saturated heterocycles. The zero-order valence-corrected chi connectivity index (χ0v) is 16.8. The lowest BCUT2D eigenvalue weighted by atomic mass is 10.2. The van der Waals surface area contributed by atoms with Crippen LogP contribution < -0.4 is 5.32 Å². The first-order chi connectivity index (χ1) is 13.5. The molecule has 1 heterocycles. The van der Waals surface area contributed by atoms with Gasteiger partial charge in [-0.15, -0.1) is 10.2 Å². The smallest absolute Gasteiger partial charge is 0.339 e. The molecule has 2 aromatic carbocycles. The maximum Gasteiger partial charge on any atom is 0.339 e. The normalized spacial score (nSPS) is 10.5. The standard InChI is InChI=1S/C19H17ClN4O3S/c1-24-17(12-7-9-13(20)10-8-12)22-23-19(24)28-11-16(25)21-15-6-4-3-5-14(15)18(26)27-2/h3-10H,11H2,1-2H3,(H,21,25). The highest BCUT2D eigenvalue weighted by molar-refractivity contribution is 7.99. The van der Waals surface area contributed by atoms with Gasteiger partial charge in [-0.25, -0.2) is 4.79 Å². The number of hydrogen-bond acceptors (Lipinski definition) is 6. The number of rotatable bonds is 6. The summed E-state index contributed by atoms with van der Waals surface area (Å²) in [6.07, 6.45) is 0. The van der Waals surface area contributed by atoms with Gasteiger partial charge in [0.1, 0.15) is 0 Å². The number of para-hydroxylation sites is 1. The fourth-order valence-electron chi connectivity index (χ4n) is 2.49. The minimum Gasteiger partial charge on any atom is -0.465 e. The molecule has 0 unspecified atom stereocenters. The number of anilines is 1. The van der Waals surface area contributed by atoms with Crippen molar-refractivity contribution in [2.24, 2.45) is 7.05 Å². The molecular formula is C19H17ClN4O3S. The van der Waals surface area contributed by atoms with Crippen molar-refractivity contribution in [1.82, 2.24) is 14.8 Å². The number of benzene rings is 2. The molecule has 7 nitrogen and oxygen atoms in total. The van der Waals surface area contributed by atoms with E-state index in [0.717, 1.165) is 5.56 Å². The predicted octanol–water partition coefficient (Wildman–Crippen LogP) is 3.65. The predicted molar refractivity (Wildman–Crippen MR) is 109 cm³/mol. The molecule has 0 fully saturated rings. The monoisotopic (exact) mass is 416 g/mol. The Labute approximate surface area is 171 Å². The molecule has 3 rings (SSSR count). The Balaban J connectivity index is 1.66. The zero-order chi connectivity index (χ0) is 20.1. The third-order valence-corrected chi connectivity index (χ3v) is 5.15. The van der Waals surface area contributed by atoms with Gasteiger partial charge in [-0.2, -0.15) is 0 Å². The molecule has 144 valence electrons. The molecule has 0 spiro atoms. The number of halogens is 1. The van der Waals surface area contributed by atoms with Crippen LogP contribution in [0.15, 0.2) is 53.7 Å². The van der Waals surface area contributed by atoms with Gasteiger partial charge in [0.05, 0.1) is 24.1 Å². The van der Waals surface area contributed by atoms with E-state index in [1.807, 2.05) is 23.7 Å². The Bertz CT molecular complexity index is 1000. The van der Waals surface area contributed by atoms with Crippen molar-refractivity contribution in [1.29, 1.82) is 0 Å². The third-order valence-electron chi connectivity index (χ3n) is 3.88. The highest BCUT2D eigenvalue weighted by atomic mass is 35.5. The van der Waals surface area contributed by atoms with Crippen LogP contribution in [-0.2, 0) is 16.6 Å². The number of carbonyl (C=O) groups excluding carboxylic acids is 2. The average Bonchev–Trinajstić information content (AvgIpc) is 3.07. The molecule has 0 aliphatic heterocycles. The van der Waals surface area contributed by atoms with E-state index in [2.05, 4.69) is 15.5 Å². The van der Waals surface area contributed by atoms with Gasteiger partial charge in [0.25, 0.3) is 0 Å². The zero-order valence-electron chi connectivity index (χ0n) is 15.2. The second-order valence-electron chi connectivity index (χ2n) is 5.75. The molecule has 0 aliphatic carbocycles. The number of hydrogen-bond donors (Lipinski definition) is 1. The Morgan fingerprint density at radius 1 is 1.14 bits per heavy atom. The van der Waals surface area contributed by atoms with Crippen molar-refractivity contribution in [3.8, 4) is 11.4 Å². The Kier molecular flexibility index (Phi) is 6.33. The number of ether oxygens (including phenoxy) is 1. The lowest BCUT2D eigenvalue weighted by Crippen LogP contribution is -2.17. The van der Waals surface area contributed by atoms with Crippen molar-refractivity contribution in [2.75, 3.05) is 18.2 Å². The molecule has 0 radical (unpaired) electrons. The molecule has 3 aromatic rings. The largest absolute Gasteiger partial charge is 0.465 e. The van der Waals surface area contributed by atoms with Crippen molar-refractivity contribution in [3.05, 3.63) is 59.1 Å². The Morgan fingerprint density at radius 2 is 1.86 bits per heavy atom. The van der Waals surface area contributed by atoms with Crippen LogP contribution in [0.3, 0.4) is 0 Å². The summed E-state index contributed by atoms with van der Waals surface area (Å²) < 4.78 is 6.54. The van der Waals surface area contributed by atoms with Crippen LogP contribution in [0.2, 0.25) is 5.02 Å². The second kappa shape index (κ2) is 8.90. The molecule has 1 N–H and O–H groups in total. The number of esters is 1. The van der Waals surface area contributed by atoms with E-state index in [1.54, 1.807) is 36.4 Å². The Hall–Kier alpha value is -2.84. The van der Waals surface area contributed by atoms with Gasteiger partial charge in [-0.05, 0) is 36.4 Å². The van der Waals surface area contributed by atoms with Crippen molar-refractivity contribution >= 4 is 40.9 Å². The third kappa shape index (κ3) is 4.52. The van der Waals surface area contributed by atoms with Gasteiger partial charge >= 0.3 is 5.97 Å². The average molecular weight is 417 g/mol. The first-order valence-corrected chi connectivity index (χ1v) is 9.61. The van der Waals surface area contributed by atoms with Gasteiger partial charge < -0.3 is 14.6 Å².